The molecule has 0 unspecified atom stereocenters. The van der Waals surface area contributed by atoms with Crippen LogP contribution < -0.4 is 5.43 Å². The third-order valence-electron chi connectivity index (χ3n) is 4.18. The largest absolute Gasteiger partial charge is 0.301 e. The van der Waals surface area contributed by atoms with Gasteiger partial charge in [0.1, 0.15) is 5.69 Å². The number of nitrogens with one attached hydrogen (secondary N) is 1. The van der Waals surface area contributed by atoms with Gasteiger partial charge in [0.05, 0.1) is 15.9 Å². The number of nitro groups is 2. The van der Waals surface area contributed by atoms with Gasteiger partial charge in [0.25, 0.3) is 5.69 Å². The molecule has 0 amide bonds. The molecule has 8 heteroatoms. The summed E-state index contributed by atoms with van der Waals surface area (Å²) in [6, 6.07) is 3.48. The lowest BCUT2D eigenvalue weighted by Crippen LogP contribution is -2.25. The van der Waals surface area contributed by atoms with E-state index in [1.807, 2.05) is 0 Å². The van der Waals surface area contributed by atoms with E-state index in [9.17, 15) is 20.2 Å². The number of hydrogen-bond donors (Lipinski definition) is 1. The molecule has 1 aromatic rings. The first-order chi connectivity index (χ1) is 10.4. The van der Waals surface area contributed by atoms with Gasteiger partial charge in [-0.05, 0) is 37.2 Å². The van der Waals surface area contributed by atoms with Gasteiger partial charge in [-0.1, -0.05) is 13.8 Å². The van der Waals surface area contributed by atoms with Crippen molar-refractivity contribution >= 4 is 22.8 Å². The predicted octanol–water partition coefficient (Wildman–Crippen LogP) is 3.73. The Bertz CT molecular complexity index is 629. The molecule has 0 spiro atoms. The van der Waals surface area contributed by atoms with E-state index in [0.717, 1.165) is 31.0 Å². The van der Waals surface area contributed by atoms with Crippen molar-refractivity contribution in [3.8, 4) is 0 Å². The Morgan fingerprint density at radius 1 is 1.23 bits per heavy atom. The van der Waals surface area contributed by atoms with Crippen molar-refractivity contribution in [3.63, 3.8) is 0 Å². The van der Waals surface area contributed by atoms with Gasteiger partial charge in [0.2, 0.25) is 0 Å². The van der Waals surface area contributed by atoms with Crippen LogP contribution in [0.4, 0.5) is 17.1 Å². The van der Waals surface area contributed by atoms with Crippen LogP contribution in [0.2, 0.25) is 0 Å². The Morgan fingerprint density at radius 3 is 2.59 bits per heavy atom. The van der Waals surface area contributed by atoms with Crippen LogP contribution in [-0.2, 0) is 0 Å². The van der Waals surface area contributed by atoms with Crippen molar-refractivity contribution in [2.75, 3.05) is 5.43 Å². The van der Waals surface area contributed by atoms with Crippen molar-refractivity contribution in [2.24, 2.45) is 16.9 Å². The molecular weight excluding hydrogens is 288 g/mol. The van der Waals surface area contributed by atoms with Crippen molar-refractivity contribution in [2.45, 2.75) is 33.1 Å². The molecule has 0 aliphatic heterocycles. The Labute approximate surface area is 127 Å². The molecule has 1 aliphatic carbocycles. The molecule has 1 aliphatic rings. The number of nitrogens with zero attached hydrogens (tertiary/aromatic N) is 3. The lowest BCUT2D eigenvalue weighted by Gasteiger charge is -2.27. The third kappa shape index (κ3) is 3.38. The molecule has 1 aromatic carbocycles. The topological polar surface area (TPSA) is 111 Å². The molecule has 1 N–H and O–H groups in total. The monoisotopic (exact) mass is 306 g/mol. The SMILES string of the molecule is C[C@@H]1CCCC(=NNc2ccc([N+](=O)[O-])cc2[N+](=O)[O-])[C@@H]1C. The van der Waals surface area contributed by atoms with Crippen LogP contribution in [0.15, 0.2) is 23.3 Å². The third-order valence-corrected chi connectivity index (χ3v) is 4.18. The second-order valence-electron chi connectivity index (χ2n) is 5.59. The Hall–Kier alpha value is -2.51. The number of rotatable bonds is 4. The fraction of sp³-hybridized carbons (Fsp3) is 0.500. The van der Waals surface area contributed by atoms with Gasteiger partial charge in [-0.3, -0.25) is 25.7 Å². The Kier molecular flexibility index (Phi) is 4.69. The molecule has 0 radical (unpaired) electrons. The highest BCUT2D eigenvalue weighted by atomic mass is 16.6. The lowest BCUT2D eigenvalue weighted by molar-refractivity contribution is -0.393. The van der Waals surface area contributed by atoms with Gasteiger partial charge < -0.3 is 0 Å². The minimum absolute atomic E-state index is 0.161. The average Bonchev–Trinajstić information content (AvgIpc) is 2.48. The number of benzene rings is 1. The van der Waals surface area contributed by atoms with Crippen molar-refractivity contribution < 1.29 is 9.85 Å². The second-order valence-corrected chi connectivity index (χ2v) is 5.59. The summed E-state index contributed by atoms with van der Waals surface area (Å²) in [6.45, 7) is 4.25. The van der Waals surface area contributed by atoms with E-state index < -0.39 is 9.85 Å². The van der Waals surface area contributed by atoms with Crippen molar-refractivity contribution in [1.29, 1.82) is 0 Å². The number of non-ortho nitro benzene ring substituents is 1. The first-order valence-corrected chi connectivity index (χ1v) is 7.15. The summed E-state index contributed by atoms with van der Waals surface area (Å²) in [4.78, 5) is 20.5. The highest BCUT2D eigenvalue weighted by Gasteiger charge is 2.24. The number of hydrogen-bond acceptors (Lipinski definition) is 6. The molecule has 118 valence electrons. The number of anilines is 1. The van der Waals surface area contributed by atoms with Crippen LogP contribution in [0.25, 0.3) is 0 Å². The van der Waals surface area contributed by atoms with Gasteiger partial charge in [0, 0.05) is 11.8 Å². The van der Waals surface area contributed by atoms with Gasteiger partial charge in [-0.2, -0.15) is 5.10 Å². The maximum absolute atomic E-state index is 11.1. The molecule has 0 saturated heterocycles. The van der Waals surface area contributed by atoms with Crippen LogP contribution in [0.5, 0.6) is 0 Å². The standard InChI is InChI=1S/C14H18N4O4/c1-9-4-3-5-12(10(9)2)15-16-13-7-6-11(17(19)20)8-14(13)18(21)22/h6-10,16H,3-5H2,1-2H3/t9-,10-/m1/s1. The zero-order valence-corrected chi connectivity index (χ0v) is 12.5. The van der Waals surface area contributed by atoms with Gasteiger partial charge in [0.15, 0.2) is 0 Å². The molecule has 0 bridgehead atoms. The van der Waals surface area contributed by atoms with Crippen LogP contribution in [0.1, 0.15) is 33.1 Å². The minimum atomic E-state index is -0.659. The van der Waals surface area contributed by atoms with E-state index in [4.69, 9.17) is 0 Å². The maximum Gasteiger partial charge on any atom is 0.301 e. The average molecular weight is 306 g/mol. The predicted molar refractivity (Wildman–Crippen MR) is 83.0 cm³/mol. The van der Waals surface area contributed by atoms with Crippen LogP contribution >= 0.6 is 0 Å². The number of hydrazone groups is 1. The van der Waals surface area contributed by atoms with Crippen molar-refractivity contribution in [1.82, 2.24) is 0 Å². The summed E-state index contributed by atoms with van der Waals surface area (Å²) in [5.74, 6) is 0.847. The zero-order valence-electron chi connectivity index (χ0n) is 12.5. The Morgan fingerprint density at radius 2 is 1.95 bits per heavy atom. The first kappa shape index (κ1) is 15.9. The van der Waals surface area contributed by atoms with E-state index in [2.05, 4.69) is 24.4 Å². The zero-order chi connectivity index (χ0) is 16.3. The maximum atomic E-state index is 11.1. The summed E-state index contributed by atoms with van der Waals surface area (Å²) >= 11 is 0. The second kappa shape index (κ2) is 6.50. The molecule has 0 heterocycles. The molecule has 1 saturated carbocycles. The van der Waals surface area contributed by atoms with E-state index >= 15 is 0 Å². The molecular formula is C14H18N4O4. The normalized spacial score (nSPS) is 23.3. The number of nitro benzene ring substituents is 2. The van der Waals surface area contributed by atoms with Crippen molar-refractivity contribution in [3.05, 3.63) is 38.4 Å². The Balaban J connectivity index is 2.25. The van der Waals surface area contributed by atoms with Crippen LogP contribution in [0, 0.1) is 32.1 Å². The summed E-state index contributed by atoms with van der Waals surface area (Å²) in [5.41, 5.74) is 3.18. The smallest absolute Gasteiger partial charge is 0.272 e. The quantitative estimate of drug-likeness (QED) is 0.673. The molecule has 22 heavy (non-hydrogen) atoms. The summed E-state index contributed by atoms with van der Waals surface area (Å²) in [6.07, 6.45) is 3.06. The fourth-order valence-electron chi connectivity index (χ4n) is 2.58. The summed E-state index contributed by atoms with van der Waals surface area (Å²) < 4.78 is 0. The van der Waals surface area contributed by atoms with Crippen LogP contribution in [0.3, 0.4) is 0 Å². The molecule has 2 rings (SSSR count). The summed E-state index contributed by atoms with van der Waals surface area (Å²) in [7, 11) is 0. The van der Waals surface area contributed by atoms with Crippen LogP contribution in [-0.4, -0.2) is 15.6 Å². The first-order valence-electron chi connectivity index (χ1n) is 7.15. The van der Waals surface area contributed by atoms with E-state index in [1.165, 1.54) is 12.1 Å². The summed E-state index contributed by atoms with van der Waals surface area (Å²) in [5, 5.41) is 26.1. The molecule has 1 fully saturated rings. The van der Waals surface area contributed by atoms with Gasteiger partial charge in [-0.25, -0.2) is 0 Å². The minimum Gasteiger partial charge on any atom is -0.272 e. The van der Waals surface area contributed by atoms with E-state index in [-0.39, 0.29) is 17.1 Å². The highest BCUT2D eigenvalue weighted by molar-refractivity contribution is 5.88. The lowest BCUT2D eigenvalue weighted by atomic mass is 9.80. The van der Waals surface area contributed by atoms with Gasteiger partial charge in [-0.15, -0.1) is 0 Å². The molecule has 2 atom stereocenters. The van der Waals surface area contributed by atoms with Gasteiger partial charge >= 0.3 is 5.69 Å². The highest BCUT2D eigenvalue weighted by Crippen LogP contribution is 2.30. The van der Waals surface area contributed by atoms with E-state index in [1.54, 1.807) is 0 Å². The van der Waals surface area contributed by atoms with E-state index in [0.29, 0.717) is 11.8 Å². The molecule has 0 aromatic heterocycles. The molecule has 8 nitrogen and oxygen atoms in total. The fourth-order valence-corrected chi connectivity index (χ4v) is 2.58.